The van der Waals surface area contributed by atoms with Gasteiger partial charge in [-0.15, -0.1) is 0 Å². The van der Waals surface area contributed by atoms with Crippen LogP contribution in [0.2, 0.25) is 0 Å². The highest BCUT2D eigenvalue weighted by atomic mass is 19.1. The molecule has 0 aliphatic rings. The van der Waals surface area contributed by atoms with Crippen molar-refractivity contribution in [3.05, 3.63) is 78.2 Å². The first kappa shape index (κ1) is 18.4. The van der Waals surface area contributed by atoms with Crippen LogP contribution in [-0.4, -0.2) is 24.6 Å². The molecular formula is C21H19FN2O3. The molecule has 0 aliphatic heterocycles. The highest BCUT2D eigenvalue weighted by Gasteiger charge is 2.07. The smallest absolute Gasteiger partial charge is 0.258 e. The fourth-order valence-electron chi connectivity index (χ4n) is 2.55. The van der Waals surface area contributed by atoms with Gasteiger partial charge in [-0.25, -0.2) is 4.39 Å². The second kappa shape index (κ2) is 8.80. The van der Waals surface area contributed by atoms with Gasteiger partial charge in [0.05, 0.1) is 12.8 Å². The quantitative estimate of drug-likeness (QED) is 0.694. The average molecular weight is 366 g/mol. The van der Waals surface area contributed by atoms with E-state index in [0.717, 1.165) is 5.56 Å². The number of ether oxygens (including phenoxy) is 2. The number of pyridine rings is 1. The molecule has 0 radical (unpaired) electrons. The molecule has 1 aromatic heterocycles. The molecule has 138 valence electrons. The van der Waals surface area contributed by atoms with E-state index in [1.807, 2.05) is 24.3 Å². The number of halogens is 1. The Morgan fingerprint density at radius 3 is 2.78 bits per heavy atom. The lowest BCUT2D eigenvalue weighted by molar-refractivity contribution is -0.123. The minimum atomic E-state index is -0.337. The van der Waals surface area contributed by atoms with Crippen LogP contribution in [0, 0.1) is 5.82 Å². The summed E-state index contributed by atoms with van der Waals surface area (Å²) >= 11 is 0. The molecule has 3 rings (SSSR count). The van der Waals surface area contributed by atoms with Crippen LogP contribution in [0.5, 0.6) is 11.5 Å². The molecule has 0 saturated heterocycles. The zero-order chi connectivity index (χ0) is 19.1. The monoisotopic (exact) mass is 366 g/mol. The lowest BCUT2D eigenvalue weighted by Crippen LogP contribution is -2.28. The predicted octanol–water partition coefficient (Wildman–Crippen LogP) is 3.59. The van der Waals surface area contributed by atoms with Gasteiger partial charge < -0.3 is 14.8 Å². The van der Waals surface area contributed by atoms with Crippen LogP contribution in [0.15, 0.2) is 66.9 Å². The van der Waals surface area contributed by atoms with Gasteiger partial charge in [0.15, 0.2) is 6.61 Å². The van der Waals surface area contributed by atoms with Gasteiger partial charge in [0.2, 0.25) is 0 Å². The van der Waals surface area contributed by atoms with Gasteiger partial charge in [-0.2, -0.15) is 0 Å². The molecule has 0 fully saturated rings. The largest absolute Gasteiger partial charge is 0.496 e. The van der Waals surface area contributed by atoms with Crippen LogP contribution in [0.3, 0.4) is 0 Å². The van der Waals surface area contributed by atoms with Gasteiger partial charge in [-0.05, 0) is 24.3 Å². The van der Waals surface area contributed by atoms with Crippen molar-refractivity contribution < 1.29 is 18.7 Å². The number of benzene rings is 2. The minimum absolute atomic E-state index is 0.137. The highest BCUT2D eigenvalue weighted by Crippen LogP contribution is 2.22. The van der Waals surface area contributed by atoms with Crippen molar-refractivity contribution >= 4 is 5.91 Å². The molecule has 0 spiro atoms. The number of hydrogen-bond donors (Lipinski definition) is 1. The zero-order valence-electron chi connectivity index (χ0n) is 14.8. The zero-order valence-corrected chi connectivity index (χ0v) is 14.8. The van der Waals surface area contributed by atoms with E-state index >= 15 is 0 Å². The number of methoxy groups -OCH3 is 1. The Bertz CT molecular complexity index is 931. The van der Waals surface area contributed by atoms with Crippen LogP contribution in [0.4, 0.5) is 4.39 Å². The number of carbonyl (C=O) groups excluding carboxylic acids is 1. The molecule has 0 aliphatic carbocycles. The van der Waals surface area contributed by atoms with E-state index in [2.05, 4.69) is 10.3 Å². The Kier molecular flexibility index (Phi) is 5.99. The van der Waals surface area contributed by atoms with Crippen molar-refractivity contribution in [1.29, 1.82) is 0 Å². The van der Waals surface area contributed by atoms with Gasteiger partial charge in [-0.1, -0.05) is 30.3 Å². The minimum Gasteiger partial charge on any atom is -0.496 e. The van der Waals surface area contributed by atoms with Crippen LogP contribution in [0.25, 0.3) is 11.3 Å². The number of hydrogen-bond acceptors (Lipinski definition) is 4. The van der Waals surface area contributed by atoms with E-state index in [9.17, 15) is 9.18 Å². The van der Waals surface area contributed by atoms with Crippen LogP contribution < -0.4 is 14.8 Å². The standard InChI is InChI=1S/C21H19FN2O3/c1-26-20-8-3-2-5-16(20)13-24-21(25)14-27-18-9-10-23-19(12-18)15-6-4-7-17(22)11-15/h2-12H,13-14H2,1H3,(H,24,25). The molecule has 3 aromatic rings. The number of nitrogens with one attached hydrogen (secondary N) is 1. The van der Waals surface area contributed by atoms with Crippen molar-refractivity contribution in [2.45, 2.75) is 6.54 Å². The summed E-state index contributed by atoms with van der Waals surface area (Å²) in [5.74, 6) is 0.602. The van der Waals surface area contributed by atoms with Crippen molar-refractivity contribution in [1.82, 2.24) is 10.3 Å². The second-order valence-electron chi connectivity index (χ2n) is 5.76. The van der Waals surface area contributed by atoms with Gasteiger partial charge >= 0.3 is 0 Å². The normalized spacial score (nSPS) is 10.3. The maximum atomic E-state index is 13.4. The summed E-state index contributed by atoms with van der Waals surface area (Å²) in [6.07, 6.45) is 1.56. The first-order valence-electron chi connectivity index (χ1n) is 8.39. The highest BCUT2D eigenvalue weighted by molar-refractivity contribution is 5.77. The Balaban J connectivity index is 1.57. The van der Waals surface area contributed by atoms with Crippen molar-refractivity contribution in [2.75, 3.05) is 13.7 Å². The van der Waals surface area contributed by atoms with Gasteiger partial charge in [0.1, 0.15) is 17.3 Å². The number of rotatable bonds is 7. The molecule has 1 amide bonds. The molecule has 0 bridgehead atoms. The average Bonchev–Trinajstić information content (AvgIpc) is 2.71. The number of carbonyl (C=O) groups is 1. The summed E-state index contributed by atoms with van der Waals surface area (Å²) in [6.45, 7) is 0.207. The van der Waals surface area contributed by atoms with E-state index in [-0.39, 0.29) is 18.3 Å². The van der Waals surface area contributed by atoms with Crippen LogP contribution in [-0.2, 0) is 11.3 Å². The topological polar surface area (TPSA) is 60.5 Å². The third kappa shape index (κ3) is 5.04. The number of amides is 1. The number of nitrogens with zero attached hydrogens (tertiary/aromatic N) is 1. The summed E-state index contributed by atoms with van der Waals surface area (Å²) in [5.41, 5.74) is 2.09. The van der Waals surface area contributed by atoms with Gasteiger partial charge in [0.25, 0.3) is 5.91 Å². The van der Waals surface area contributed by atoms with Crippen molar-refractivity contribution in [3.63, 3.8) is 0 Å². The summed E-state index contributed by atoms with van der Waals surface area (Å²) in [5, 5.41) is 2.79. The van der Waals surface area contributed by atoms with E-state index in [4.69, 9.17) is 9.47 Å². The molecule has 27 heavy (non-hydrogen) atoms. The van der Waals surface area contributed by atoms with Crippen LogP contribution >= 0.6 is 0 Å². The fourth-order valence-corrected chi connectivity index (χ4v) is 2.55. The van der Waals surface area contributed by atoms with E-state index < -0.39 is 0 Å². The molecule has 2 aromatic carbocycles. The van der Waals surface area contributed by atoms with Crippen molar-refractivity contribution in [2.24, 2.45) is 0 Å². The van der Waals surface area contributed by atoms with Crippen LogP contribution in [0.1, 0.15) is 5.56 Å². The molecule has 0 saturated carbocycles. The Morgan fingerprint density at radius 1 is 1.11 bits per heavy atom. The number of para-hydroxylation sites is 1. The molecule has 0 atom stereocenters. The lowest BCUT2D eigenvalue weighted by atomic mass is 10.1. The first-order valence-corrected chi connectivity index (χ1v) is 8.39. The summed E-state index contributed by atoms with van der Waals surface area (Å²) in [7, 11) is 1.59. The molecular weight excluding hydrogens is 347 g/mol. The Morgan fingerprint density at radius 2 is 1.96 bits per heavy atom. The van der Waals surface area contributed by atoms with Crippen molar-refractivity contribution in [3.8, 4) is 22.8 Å². The maximum absolute atomic E-state index is 13.4. The molecule has 1 heterocycles. The Labute approximate surface area is 156 Å². The maximum Gasteiger partial charge on any atom is 0.258 e. The summed E-state index contributed by atoms with van der Waals surface area (Å²) in [6, 6.07) is 16.9. The third-order valence-corrected chi connectivity index (χ3v) is 3.89. The third-order valence-electron chi connectivity index (χ3n) is 3.89. The fraction of sp³-hybridized carbons (Fsp3) is 0.143. The SMILES string of the molecule is COc1ccccc1CNC(=O)COc1ccnc(-c2cccc(F)c2)c1. The van der Waals surface area contributed by atoms with E-state index in [0.29, 0.717) is 29.3 Å². The molecule has 1 N–H and O–H groups in total. The van der Waals surface area contributed by atoms with Gasteiger partial charge in [-0.3, -0.25) is 9.78 Å². The molecule has 5 nitrogen and oxygen atoms in total. The van der Waals surface area contributed by atoms with E-state index in [1.165, 1.54) is 12.1 Å². The summed E-state index contributed by atoms with van der Waals surface area (Å²) in [4.78, 5) is 16.3. The van der Waals surface area contributed by atoms with E-state index in [1.54, 1.807) is 37.6 Å². The predicted molar refractivity (Wildman–Crippen MR) is 100.0 cm³/mol. The molecule has 0 unspecified atom stereocenters. The number of aromatic nitrogens is 1. The second-order valence-corrected chi connectivity index (χ2v) is 5.76. The van der Waals surface area contributed by atoms with Gasteiger partial charge in [0, 0.05) is 29.9 Å². The summed E-state index contributed by atoms with van der Waals surface area (Å²) < 4.78 is 24.1. The Hall–Kier alpha value is -3.41. The first-order chi connectivity index (χ1) is 13.2. The molecule has 6 heteroatoms. The lowest BCUT2D eigenvalue weighted by Gasteiger charge is -2.11.